The van der Waals surface area contributed by atoms with Gasteiger partial charge in [-0.25, -0.2) is 8.78 Å². The number of ether oxygens (including phenoxy) is 1. The zero-order valence-corrected chi connectivity index (χ0v) is 12.1. The molecule has 0 N–H and O–H groups in total. The molecule has 0 bridgehead atoms. The Hall–Kier alpha value is -1.13. The van der Waals surface area contributed by atoms with Crippen LogP contribution in [0.15, 0.2) is 40.9 Å². The van der Waals surface area contributed by atoms with E-state index in [1.165, 1.54) is 12.1 Å². The second-order valence-electron chi connectivity index (χ2n) is 3.89. The van der Waals surface area contributed by atoms with Gasteiger partial charge in [-0.05, 0) is 29.8 Å². The normalized spacial score (nSPS) is 10.5. The molecule has 0 aromatic heterocycles. The molecule has 0 unspecified atom stereocenters. The molecular weight excluding hydrogens is 338 g/mol. The zero-order chi connectivity index (χ0) is 13.8. The third-order valence-electron chi connectivity index (χ3n) is 2.59. The lowest BCUT2D eigenvalue weighted by atomic mass is 10.2. The summed E-state index contributed by atoms with van der Waals surface area (Å²) in [4.78, 5) is 0. The van der Waals surface area contributed by atoms with Crippen LogP contribution in [0.4, 0.5) is 8.78 Å². The standard InChI is InChI=1S/C14H10BrClF2O/c15-12-5-4-11(6-10(12)7-16)19-8-9-2-1-3-13(17)14(9)18/h1-6H,7-8H2. The van der Waals surface area contributed by atoms with Crippen LogP contribution in [0.3, 0.4) is 0 Å². The minimum atomic E-state index is -0.878. The van der Waals surface area contributed by atoms with Crippen LogP contribution in [0.1, 0.15) is 11.1 Å². The smallest absolute Gasteiger partial charge is 0.165 e. The summed E-state index contributed by atoms with van der Waals surface area (Å²) >= 11 is 9.13. The highest BCUT2D eigenvalue weighted by atomic mass is 79.9. The SMILES string of the molecule is Fc1cccc(COc2ccc(Br)c(CCl)c2)c1F. The number of hydrogen-bond acceptors (Lipinski definition) is 1. The summed E-state index contributed by atoms with van der Waals surface area (Å²) < 4.78 is 32.8. The number of benzene rings is 2. The molecule has 0 amide bonds. The van der Waals surface area contributed by atoms with Crippen molar-refractivity contribution in [2.24, 2.45) is 0 Å². The Kier molecular flexibility index (Phi) is 4.77. The van der Waals surface area contributed by atoms with Gasteiger partial charge in [0.05, 0.1) is 0 Å². The van der Waals surface area contributed by atoms with E-state index in [1.807, 2.05) is 0 Å². The van der Waals surface area contributed by atoms with E-state index in [9.17, 15) is 8.78 Å². The fourth-order valence-electron chi connectivity index (χ4n) is 1.56. The van der Waals surface area contributed by atoms with Crippen LogP contribution in [-0.4, -0.2) is 0 Å². The molecule has 0 atom stereocenters. The van der Waals surface area contributed by atoms with E-state index in [-0.39, 0.29) is 12.2 Å². The number of hydrogen-bond donors (Lipinski definition) is 0. The third-order valence-corrected chi connectivity index (χ3v) is 3.65. The maximum Gasteiger partial charge on any atom is 0.165 e. The summed E-state index contributed by atoms with van der Waals surface area (Å²) in [5, 5.41) is 0. The first-order valence-electron chi connectivity index (χ1n) is 5.52. The van der Waals surface area contributed by atoms with E-state index in [2.05, 4.69) is 15.9 Å². The van der Waals surface area contributed by atoms with Crippen LogP contribution >= 0.6 is 27.5 Å². The largest absolute Gasteiger partial charge is 0.489 e. The summed E-state index contributed by atoms with van der Waals surface area (Å²) in [5.74, 6) is -0.857. The van der Waals surface area contributed by atoms with Gasteiger partial charge >= 0.3 is 0 Å². The maximum atomic E-state index is 13.4. The zero-order valence-electron chi connectivity index (χ0n) is 9.80. The minimum absolute atomic E-state index is 0.0348. The molecule has 2 aromatic carbocycles. The Morgan fingerprint density at radius 1 is 1.11 bits per heavy atom. The molecule has 100 valence electrons. The molecular formula is C14H10BrClF2O. The average Bonchev–Trinajstić information content (AvgIpc) is 2.42. The van der Waals surface area contributed by atoms with Gasteiger partial charge in [0.2, 0.25) is 0 Å². The highest BCUT2D eigenvalue weighted by Gasteiger charge is 2.08. The molecule has 0 heterocycles. The second kappa shape index (κ2) is 6.35. The van der Waals surface area contributed by atoms with E-state index in [0.717, 1.165) is 16.1 Å². The Bertz CT molecular complexity index is 590. The van der Waals surface area contributed by atoms with Gasteiger partial charge in [0.1, 0.15) is 12.4 Å². The van der Waals surface area contributed by atoms with Crippen LogP contribution in [0.5, 0.6) is 5.75 Å². The summed E-state index contributed by atoms with van der Waals surface area (Å²) in [7, 11) is 0. The Labute approximate surface area is 123 Å². The molecule has 0 saturated carbocycles. The van der Waals surface area contributed by atoms with Crippen molar-refractivity contribution < 1.29 is 13.5 Å². The minimum Gasteiger partial charge on any atom is -0.489 e. The molecule has 0 radical (unpaired) electrons. The molecule has 0 spiro atoms. The van der Waals surface area contributed by atoms with Crippen LogP contribution in [-0.2, 0) is 12.5 Å². The molecule has 0 aliphatic rings. The Morgan fingerprint density at radius 3 is 2.63 bits per heavy atom. The van der Waals surface area contributed by atoms with Crippen molar-refractivity contribution in [1.82, 2.24) is 0 Å². The Balaban J connectivity index is 2.12. The van der Waals surface area contributed by atoms with Gasteiger partial charge in [-0.15, -0.1) is 11.6 Å². The number of alkyl halides is 1. The molecule has 19 heavy (non-hydrogen) atoms. The lowest BCUT2D eigenvalue weighted by Gasteiger charge is -2.09. The molecule has 0 saturated heterocycles. The van der Waals surface area contributed by atoms with Crippen LogP contribution in [0.25, 0.3) is 0 Å². The van der Waals surface area contributed by atoms with Gasteiger partial charge in [-0.3, -0.25) is 0 Å². The Morgan fingerprint density at radius 2 is 1.89 bits per heavy atom. The molecule has 2 aromatic rings. The highest BCUT2D eigenvalue weighted by Crippen LogP contribution is 2.25. The highest BCUT2D eigenvalue weighted by molar-refractivity contribution is 9.10. The van der Waals surface area contributed by atoms with Crippen molar-refractivity contribution in [3.05, 3.63) is 63.6 Å². The number of halogens is 4. The lowest BCUT2D eigenvalue weighted by molar-refractivity contribution is 0.297. The van der Waals surface area contributed by atoms with E-state index >= 15 is 0 Å². The van der Waals surface area contributed by atoms with Gasteiger partial charge in [0.15, 0.2) is 11.6 Å². The average molecular weight is 348 g/mol. The molecule has 0 aliphatic heterocycles. The quantitative estimate of drug-likeness (QED) is 0.704. The summed E-state index contributed by atoms with van der Waals surface area (Å²) in [6.07, 6.45) is 0. The first-order chi connectivity index (χ1) is 9.11. The molecule has 2 rings (SSSR count). The summed E-state index contributed by atoms with van der Waals surface area (Å²) in [6.45, 7) is -0.0348. The molecule has 1 nitrogen and oxygen atoms in total. The third kappa shape index (κ3) is 3.45. The van der Waals surface area contributed by atoms with Gasteiger partial charge in [0, 0.05) is 15.9 Å². The lowest BCUT2D eigenvalue weighted by Crippen LogP contribution is -2.00. The van der Waals surface area contributed by atoms with Gasteiger partial charge in [0.25, 0.3) is 0 Å². The van der Waals surface area contributed by atoms with E-state index in [4.69, 9.17) is 16.3 Å². The monoisotopic (exact) mass is 346 g/mol. The molecule has 0 aliphatic carbocycles. The first-order valence-corrected chi connectivity index (χ1v) is 6.84. The predicted octanol–water partition coefficient (Wildman–Crippen LogP) is 5.05. The molecule has 5 heteroatoms. The van der Waals surface area contributed by atoms with E-state index < -0.39 is 11.6 Å². The predicted molar refractivity (Wildman–Crippen MR) is 74.4 cm³/mol. The first kappa shape index (κ1) is 14.3. The fraction of sp³-hybridized carbons (Fsp3) is 0.143. The topological polar surface area (TPSA) is 9.23 Å². The van der Waals surface area contributed by atoms with Crippen molar-refractivity contribution in [1.29, 1.82) is 0 Å². The van der Waals surface area contributed by atoms with Crippen molar-refractivity contribution in [2.75, 3.05) is 0 Å². The van der Waals surface area contributed by atoms with Crippen LogP contribution < -0.4 is 4.74 Å². The van der Waals surface area contributed by atoms with Gasteiger partial charge in [-0.1, -0.05) is 28.1 Å². The van der Waals surface area contributed by atoms with Crippen LogP contribution in [0.2, 0.25) is 0 Å². The summed E-state index contributed by atoms with van der Waals surface area (Å²) in [5.41, 5.74) is 1.05. The summed E-state index contributed by atoms with van der Waals surface area (Å²) in [6, 6.07) is 9.30. The second-order valence-corrected chi connectivity index (χ2v) is 5.01. The number of rotatable bonds is 4. The van der Waals surface area contributed by atoms with Crippen molar-refractivity contribution in [2.45, 2.75) is 12.5 Å². The van der Waals surface area contributed by atoms with E-state index in [1.54, 1.807) is 18.2 Å². The van der Waals surface area contributed by atoms with Crippen molar-refractivity contribution in [3.8, 4) is 5.75 Å². The molecule has 0 fully saturated rings. The van der Waals surface area contributed by atoms with Gasteiger partial charge in [-0.2, -0.15) is 0 Å². The van der Waals surface area contributed by atoms with E-state index in [0.29, 0.717) is 11.6 Å². The van der Waals surface area contributed by atoms with Crippen molar-refractivity contribution >= 4 is 27.5 Å². The fourth-order valence-corrected chi connectivity index (χ4v) is 2.33. The van der Waals surface area contributed by atoms with Crippen molar-refractivity contribution in [3.63, 3.8) is 0 Å². The van der Waals surface area contributed by atoms with Crippen LogP contribution in [0, 0.1) is 11.6 Å². The maximum absolute atomic E-state index is 13.4. The van der Waals surface area contributed by atoms with Gasteiger partial charge < -0.3 is 4.74 Å².